The highest BCUT2D eigenvalue weighted by Crippen LogP contribution is 2.21. The van der Waals surface area contributed by atoms with Crippen LogP contribution in [0, 0.1) is 5.82 Å². The third-order valence-electron chi connectivity index (χ3n) is 4.07. The van der Waals surface area contributed by atoms with E-state index in [1.165, 1.54) is 13.0 Å². The SMILES string of the molecule is CC(=O)c1ccc(NC(=O)C(C)N(C)Cc2c(F)cccc2Cl)cc1. The number of Topliss-reactive ketones (excluding diaryl/α,β-unsaturated/α-hetero) is 1. The number of halogens is 2. The molecule has 1 unspecified atom stereocenters. The Kier molecular flexibility index (Phi) is 6.28. The van der Waals surface area contributed by atoms with Gasteiger partial charge in [0, 0.05) is 28.4 Å². The number of amides is 1. The van der Waals surface area contributed by atoms with Crippen molar-refractivity contribution in [1.82, 2.24) is 4.90 Å². The average molecular weight is 363 g/mol. The fraction of sp³-hybridized carbons (Fsp3) is 0.263. The topological polar surface area (TPSA) is 49.4 Å². The summed E-state index contributed by atoms with van der Waals surface area (Å²) in [5.74, 6) is -0.662. The van der Waals surface area contributed by atoms with Gasteiger partial charge in [-0.15, -0.1) is 0 Å². The first-order valence-electron chi connectivity index (χ1n) is 7.84. The maximum atomic E-state index is 13.9. The van der Waals surface area contributed by atoms with Crippen molar-refractivity contribution in [2.24, 2.45) is 0 Å². The lowest BCUT2D eigenvalue weighted by molar-refractivity contribution is -0.120. The third-order valence-corrected chi connectivity index (χ3v) is 4.42. The van der Waals surface area contributed by atoms with Gasteiger partial charge in [-0.05, 0) is 57.3 Å². The molecule has 0 aromatic heterocycles. The molecule has 0 heterocycles. The summed E-state index contributed by atoms with van der Waals surface area (Å²) in [6, 6.07) is 10.7. The minimum absolute atomic E-state index is 0.0345. The van der Waals surface area contributed by atoms with Gasteiger partial charge in [-0.3, -0.25) is 14.5 Å². The number of nitrogens with zero attached hydrogens (tertiary/aromatic N) is 1. The number of anilines is 1. The van der Waals surface area contributed by atoms with Crippen LogP contribution >= 0.6 is 11.6 Å². The summed E-state index contributed by atoms with van der Waals surface area (Å²) in [7, 11) is 1.73. The van der Waals surface area contributed by atoms with Crippen molar-refractivity contribution in [2.75, 3.05) is 12.4 Å². The second-order valence-corrected chi connectivity index (χ2v) is 6.32. The van der Waals surface area contributed by atoms with E-state index in [0.29, 0.717) is 21.8 Å². The number of carbonyl (C=O) groups is 2. The maximum absolute atomic E-state index is 13.9. The van der Waals surface area contributed by atoms with Gasteiger partial charge in [-0.2, -0.15) is 0 Å². The summed E-state index contributed by atoms with van der Waals surface area (Å²) < 4.78 is 13.9. The Bertz CT molecular complexity index is 757. The Labute approximate surface area is 151 Å². The second-order valence-electron chi connectivity index (χ2n) is 5.91. The lowest BCUT2D eigenvalue weighted by Crippen LogP contribution is -2.39. The van der Waals surface area contributed by atoms with E-state index in [-0.39, 0.29) is 18.2 Å². The first kappa shape index (κ1) is 19.1. The molecule has 0 fully saturated rings. The van der Waals surface area contributed by atoms with E-state index in [9.17, 15) is 14.0 Å². The van der Waals surface area contributed by atoms with Gasteiger partial charge >= 0.3 is 0 Å². The number of hydrogen-bond donors (Lipinski definition) is 1. The zero-order chi connectivity index (χ0) is 18.6. The van der Waals surface area contributed by atoms with Crippen LogP contribution in [-0.2, 0) is 11.3 Å². The van der Waals surface area contributed by atoms with E-state index in [2.05, 4.69) is 5.32 Å². The summed E-state index contributed by atoms with van der Waals surface area (Å²) in [5, 5.41) is 3.12. The highest BCUT2D eigenvalue weighted by atomic mass is 35.5. The summed E-state index contributed by atoms with van der Waals surface area (Å²) in [4.78, 5) is 25.4. The zero-order valence-electron chi connectivity index (χ0n) is 14.3. The van der Waals surface area contributed by atoms with Crippen molar-refractivity contribution in [3.05, 3.63) is 64.4 Å². The average Bonchev–Trinajstić information content (AvgIpc) is 2.57. The molecule has 1 amide bonds. The first-order chi connectivity index (χ1) is 11.8. The van der Waals surface area contributed by atoms with Crippen LogP contribution in [0.5, 0.6) is 0 Å². The maximum Gasteiger partial charge on any atom is 0.241 e. The number of ketones is 1. The molecule has 1 N–H and O–H groups in total. The van der Waals surface area contributed by atoms with Gasteiger partial charge in [0.05, 0.1) is 6.04 Å². The van der Waals surface area contributed by atoms with Crippen LogP contribution in [0.2, 0.25) is 5.02 Å². The Hall–Kier alpha value is -2.24. The van der Waals surface area contributed by atoms with Gasteiger partial charge in [0.25, 0.3) is 0 Å². The van der Waals surface area contributed by atoms with E-state index >= 15 is 0 Å². The van der Waals surface area contributed by atoms with Crippen LogP contribution in [0.3, 0.4) is 0 Å². The minimum atomic E-state index is -0.497. The Balaban J connectivity index is 2.02. The molecule has 0 aliphatic heterocycles. The lowest BCUT2D eigenvalue weighted by Gasteiger charge is -2.24. The fourth-order valence-corrected chi connectivity index (χ4v) is 2.53. The minimum Gasteiger partial charge on any atom is -0.325 e. The molecule has 2 rings (SSSR count). The van der Waals surface area contributed by atoms with Gasteiger partial charge in [0.1, 0.15) is 5.82 Å². The number of nitrogens with one attached hydrogen (secondary N) is 1. The highest BCUT2D eigenvalue weighted by Gasteiger charge is 2.20. The fourth-order valence-electron chi connectivity index (χ4n) is 2.30. The number of hydrogen-bond acceptors (Lipinski definition) is 3. The van der Waals surface area contributed by atoms with Crippen LogP contribution in [0.1, 0.15) is 29.8 Å². The van der Waals surface area contributed by atoms with Crippen molar-refractivity contribution in [3.63, 3.8) is 0 Å². The predicted molar refractivity (Wildman–Crippen MR) is 97.4 cm³/mol. The van der Waals surface area contributed by atoms with E-state index in [4.69, 9.17) is 11.6 Å². The van der Waals surface area contributed by atoms with Gasteiger partial charge in [-0.25, -0.2) is 4.39 Å². The molecular formula is C19H20ClFN2O2. The summed E-state index contributed by atoms with van der Waals surface area (Å²) in [6.45, 7) is 3.43. The molecule has 0 saturated carbocycles. The molecule has 0 bridgehead atoms. The number of likely N-dealkylation sites (N-methyl/N-ethyl adjacent to an activating group) is 1. The third kappa shape index (κ3) is 4.87. The van der Waals surface area contributed by atoms with Crippen molar-refractivity contribution >= 4 is 29.0 Å². The molecule has 4 nitrogen and oxygen atoms in total. The summed E-state index contributed by atoms with van der Waals surface area (Å²) in [6.07, 6.45) is 0. The van der Waals surface area contributed by atoms with E-state index in [1.807, 2.05) is 0 Å². The van der Waals surface area contributed by atoms with Crippen molar-refractivity contribution in [1.29, 1.82) is 0 Å². The molecule has 2 aromatic rings. The monoisotopic (exact) mass is 362 g/mol. The molecule has 0 aliphatic carbocycles. The summed E-state index contributed by atoms with van der Waals surface area (Å²) in [5.41, 5.74) is 1.54. The molecule has 0 aliphatic rings. The molecule has 6 heteroatoms. The second kappa shape index (κ2) is 8.23. The molecule has 0 radical (unpaired) electrons. The highest BCUT2D eigenvalue weighted by molar-refractivity contribution is 6.31. The molecule has 0 saturated heterocycles. The van der Waals surface area contributed by atoms with E-state index in [1.54, 1.807) is 55.3 Å². The first-order valence-corrected chi connectivity index (χ1v) is 8.22. The largest absolute Gasteiger partial charge is 0.325 e. The predicted octanol–water partition coefficient (Wildman–Crippen LogP) is 4.14. The number of rotatable bonds is 6. The molecule has 2 aromatic carbocycles. The molecule has 1 atom stereocenters. The lowest BCUT2D eigenvalue weighted by atomic mass is 10.1. The Morgan fingerprint density at radius 3 is 2.40 bits per heavy atom. The van der Waals surface area contributed by atoms with Crippen LogP contribution in [0.15, 0.2) is 42.5 Å². The van der Waals surface area contributed by atoms with Gasteiger partial charge in [0.2, 0.25) is 5.91 Å². The van der Waals surface area contributed by atoms with E-state index in [0.717, 1.165) is 0 Å². The van der Waals surface area contributed by atoms with Gasteiger partial charge in [-0.1, -0.05) is 17.7 Å². The molecule has 132 valence electrons. The summed E-state index contributed by atoms with van der Waals surface area (Å²) >= 11 is 6.03. The molecule has 0 spiro atoms. The standard InChI is InChI=1S/C19H20ClFN2O2/c1-12(23(3)11-16-17(20)5-4-6-18(16)21)19(25)22-15-9-7-14(8-10-15)13(2)24/h4-10,12H,11H2,1-3H3,(H,22,25). The van der Waals surface area contributed by atoms with Gasteiger partial charge in [0.15, 0.2) is 5.78 Å². The van der Waals surface area contributed by atoms with Gasteiger partial charge < -0.3 is 5.32 Å². The van der Waals surface area contributed by atoms with Crippen molar-refractivity contribution < 1.29 is 14.0 Å². The Morgan fingerprint density at radius 2 is 1.84 bits per heavy atom. The van der Waals surface area contributed by atoms with Crippen molar-refractivity contribution in [2.45, 2.75) is 26.4 Å². The van der Waals surface area contributed by atoms with Crippen LogP contribution < -0.4 is 5.32 Å². The van der Waals surface area contributed by atoms with Crippen LogP contribution in [0.4, 0.5) is 10.1 Å². The zero-order valence-corrected chi connectivity index (χ0v) is 15.1. The van der Waals surface area contributed by atoms with Crippen LogP contribution in [-0.4, -0.2) is 29.7 Å². The van der Waals surface area contributed by atoms with E-state index < -0.39 is 11.9 Å². The smallest absolute Gasteiger partial charge is 0.241 e. The van der Waals surface area contributed by atoms with Crippen LogP contribution in [0.25, 0.3) is 0 Å². The Morgan fingerprint density at radius 1 is 1.20 bits per heavy atom. The number of carbonyl (C=O) groups excluding carboxylic acids is 2. The normalized spacial score (nSPS) is 12.1. The number of benzene rings is 2. The van der Waals surface area contributed by atoms with Crippen molar-refractivity contribution in [3.8, 4) is 0 Å². The molecular weight excluding hydrogens is 343 g/mol. The quantitative estimate of drug-likeness (QED) is 0.786. The molecule has 25 heavy (non-hydrogen) atoms.